The lowest BCUT2D eigenvalue weighted by Crippen LogP contribution is -2.35. The SMILES string of the molecule is Cc1ccccc1[C@@H](C)NC(=O)c1cc2c(cc1Cl)N1CCCCCC1=NS2(=O)=O. The Kier molecular flexibility index (Phi) is 5.59. The highest BCUT2D eigenvalue weighted by atomic mass is 35.5. The molecule has 30 heavy (non-hydrogen) atoms. The van der Waals surface area contributed by atoms with E-state index in [1.807, 2.05) is 43.0 Å². The van der Waals surface area contributed by atoms with Gasteiger partial charge in [-0.1, -0.05) is 42.3 Å². The lowest BCUT2D eigenvalue weighted by Gasteiger charge is -2.30. The van der Waals surface area contributed by atoms with Crippen LogP contribution in [-0.4, -0.2) is 26.7 Å². The van der Waals surface area contributed by atoms with Crippen LogP contribution in [0.4, 0.5) is 5.69 Å². The van der Waals surface area contributed by atoms with Gasteiger partial charge in [-0.15, -0.1) is 4.40 Å². The van der Waals surface area contributed by atoms with Gasteiger partial charge in [0.05, 0.1) is 22.3 Å². The van der Waals surface area contributed by atoms with E-state index in [-0.39, 0.29) is 21.5 Å². The molecule has 2 aliphatic rings. The highest BCUT2D eigenvalue weighted by molar-refractivity contribution is 7.90. The molecule has 8 heteroatoms. The number of halogens is 1. The maximum Gasteiger partial charge on any atom is 0.286 e. The third-order valence-electron chi connectivity index (χ3n) is 5.68. The van der Waals surface area contributed by atoms with Crippen LogP contribution >= 0.6 is 11.6 Å². The second kappa shape index (κ2) is 8.04. The first kappa shape index (κ1) is 20.9. The minimum Gasteiger partial charge on any atom is -0.345 e. The minimum absolute atomic E-state index is 0.0336. The smallest absolute Gasteiger partial charge is 0.286 e. The van der Waals surface area contributed by atoms with Gasteiger partial charge < -0.3 is 10.2 Å². The summed E-state index contributed by atoms with van der Waals surface area (Å²) in [7, 11) is -3.88. The largest absolute Gasteiger partial charge is 0.345 e. The van der Waals surface area contributed by atoms with E-state index in [9.17, 15) is 13.2 Å². The number of aryl methyl sites for hydroxylation is 1. The van der Waals surface area contributed by atoms with E-state index in [0.717, 1.165) is 30.4 Å². The molecule has 1 atom stereocenters. The number of hydrogen-bond acceptors (Lipinski definition) is 4. The second-order valence-corrected chi connectivity index (χ2v) is 9.78. The van der Waals surface area contributed by atoms with Gasteiger partial charge in [0, 0.05) is 13.0 Å². The highest BCUT2D eigenvalue weighted by Gasteiger charge is 2.33. The molecule has 4 rings (SSSR count). The number of anilines is 1. The van der Waals surface area contributed by atoms with Gasteiger partial charge in [-0.25, -0.2) is 0 Å². The Balaban J connectivity index is 1.69. The van der Waals surface area contributed by atoms with Gasteiger partial charge in [-0.3, -0.25) is 4.79 Å². The predicted octanol–water partition coefficient (Wildman–Crippen LogP) is 4.62. The summed E-state index contributed by atoms with van der Waals surface area (Å²) in [6, 6.07) is 10.5. The zero-order chi connectivity index (χ0) is 21.5. The Morgan fingerprint density at radius 1 is 1.20 bits per heavy atom. The summed E-state index contributed by atoms with van der Waals surface area (Å²) in [5, 5.41) is 3.15. The number of sulfonamides is 1. The fraction of sp³-hybridized carbons (Fsp3) is 0.364. The molecular formula is C22H24ClN3O3S. The number of carbonyl (C=O) groups is 1. The molecule has 2 aromatic carbocycles. The zero-order valence-electron chi connectivity index (χ0n) is 17.0. The van der Waals surface area contributed by atoms with E-state index in [4.69, 9.17) is 11.6 Å². The fourth-order valence-electron chi connectivity index (χ4n) is 4.10. The summed E-state index contributed by atoms with van der Waals surface area (Å²) in [5.41, 5.74) is 2.70. The average molecular weight is 446 g/mol. The fourth-order valence-corrected chi connectivity index (χ4v) is 5.60. The Bertz CT molecular complexity index is 1140. The van der Waals surface area contributed by atoms with Crippen LogP contribution in [0.1, 0.15) is 60.1 Å². The van der Waals surface area contributed by atoms with Crippen molar-refractivity contribution < 1.29 is 13.2 Å². The van der Waals surface area contributed by atoms with Gasteiger partial charge in [-0.05, 0) is 49.9 Å². The molecule has 0 unspecified atom stereocenters. The molecule has 6 nitrogen and oxygen atoms in total. The van der Waals surface area contributed by atoms with Gasteiger partial charge in [0.25, 0.3) is 15.9 Å². The lowest BCUT2D eigenvalue weighted by atomic mass is 10.0. The molecule has 1 amide bonds. The number of carbonyl (C=O) groups excluding carboxylic acids is 1. The van der Waals surface area contributed by atoms with Crippen LogP contribution in [0.25, 0.3) is 0 Å². The number of rotatable bonds is 3. The average Bonchev–Trinajstić information content (AvgIpc) is 2.92. The van der Waals surface area contributed by atoms with Crippen molar-refractivity contribution in [2.24, 2.45) is 4.40 Å². The number of fused-ring (bicyclic) bond motifs is 3. The van der Waals surface area contributed by atoms with Crippen molar-refractivity contribution in [3.05, 3.63) is 58.1 Å². The van der Waals surface area contributed by atoms with E-state index in [0.29, 0.717) is 24.5 Å². The van der Waals surface area contributed by atoms with Crippen LogP contribution in [0.2, 0.25) is 5.02 Å². The zero-order valence-corrected chi connectivity index (χ0v) is 18.6. The lowest BCUT2D eigenvalue weighted by molar-refractivity contribution is 0.0940. The monoisotopic (exact) mass is 445 g/mol. The van der Waals surface area contributed by atoms with Crippen molar-refractivity contribution in [1.82, 2.24) is 5.32 Å². The predicted molar refractivity (Wildman–Crippen MR) is 119 cm³/mol. The van der Waals surface area contributed by atoms with Gasteiger partial charge in [0.1, 0.15) is 10.7 Å². The van der Waals surface area contributed by atoms with E-state index < -0.39 is 15.9 Å². The third-order valence-corrected chi connectivity index (χ3v) is 7.33. The highest BCUT2D eigenvalue weighted by Crippen LogP contribution is 2.38. The van der Waals surface area contributed by atoms with Crippen molar-refractivity contribution in [1.29, 1.82) is 0 Å². The maximum absolute atomic E-state index is 13.0. The van der Waals surface area contributed by atoms with Crippen LogP contribution in [0.5, 0.6) is 0 Å². The van der Waals surface area contributed by atoms with Crippen molar-refractivity contribution >= 4 is 39.1 Å². The topological polar surface area (TPSA) is 78.8 Å². The maximum atomic E-state index is 13.0. The van der Waals surface area contributed by atoms with Gasteiger partial charge in [-0.2, -0.15) is 8.42 Å². The van der Waals surface area contributed by atoms with Crippen LogP contribution in [0.3, 0.4) is 0 Å². The molecule has 2 heterocycles. The number of hydrogen-bond donors (Lipinski definition) is 1. The molecule has 1 saturated heterocycles. The Morgan fingerprint density at radius 3 is 2.73 bits per heavy atom. The van der Waals surface area contributed by atoms with Gasteiger partial charge >= 0.3 is 0 Å². The van der Waals surface area contributed by atoms with E-state index >= 15 is 0 Å². The van der Waals surface area contributed by atoms with E-state index in [1.165, 1.54) is 6.07 Å². The van der Waals surface area contributed by atoms with E-state index in [1.54, 1.807) is 6.07 Å². The molecule has 2 aliphatic heterocycles. The summed E-state index contributed by atoms with van der Waals surface area (Å²) < 4.78 is 29.7. The van der Waals surface area contributed by atoms with E-state index in [2.05, 4.69) is 9.71 Å². The van der Waals surface area contributed by atoms with Crippen molar-refractivity contribution in [2.75, 3.05) is 11.4 Å². The number of amides is 1. The molecule has 0 saturated carbocycles. The molecule has 0 radical (unpaired) electrons. The molecule has 0 bridgehead atoms. The summed E-state index contributed by atoms with van der Waals surface area (Å²) in [5.74, 6) is 0.140. The number of benzene rings is 2. The first-order valence-corrected chi connectivity index (χ1v) is 11.9. The number of amidine groups is 1. The number of nitrogens with zero attached hydrogens (tertiary/aromatic N) is 2. The minimum atomic E-state index is -3.88. The quantitative estimate of drug-likeness (QED) is 0.747. The Labute approximate surface area is 182 Å². The Morgan fingerprint density at radius 2 is 1.97 bits per heavy atom. The van der Waals surface area contributed by atoms with Crippen LogP contribution in [0, 0.1) is 6.92 Å². The molecular weight excluding hydrogens is 422 g/mol. The second-order valence-electron chi connectivity index (χ2n) is 7.80. The molecule has 1 N–H and O–H groups in total. The summed E-state index contributed by atoms with van der Waals surface area (Å²) in [4.78, 5) is 14.9. The van der Waals surface area contributed by atoms with Crippen molar-refractivity contribution in [2.45, 2.75) is 50.5 Å². The molecule has 2 aromatic rings. The van der Waals surface area contributed by atoms with Crippen LogP contribution < -0.4 is 10.2 Å². The molecule has 158 valence electrons. The molecule has 0 aliphatic carbocycles. The normalized spacial score (nSPS) is 18.5. The van der Waals surface area contributed by atoms with Crippen molar-refractivity contribution in [3.8, 4) is 0 Å². The Hall–Kier alpha value is -2.38. The molecule has 1 fully saturated rings. The number of nitrogens with one attached hydrogen (secondary N) is 1. The van der Waals surface area contributed by atoms with Crippen LogP contribution in [-0.2, 0) is 10.0 Å². The standard InChI is InChI=1S/C22H24ClN3O3S/c1-14-8-5-6-9-16(14)15(2)24-22(27)17-12-20-19(13-18(17)23)26-11-7-3-4-10-21(26)25-30(20,28)29/h5-6,8-9,12-13,15H,3-4,7,10-11H2,1-2H3,(H,24,27)/t15-/m1/s1. The summed E-state index contributed by atoms with van der Waals surface area (Å²) in [6.45, 7) is 4.55. The van der Waals surface area contributed by atoms with Crippen LogP contribution in [0.15, 0.2) is 45.7 Å². The first-order chi connectivity index (χ1) is 14.3. The summed E-state index contributed by atoms with van der Waals surface area (Å²) >= 11 is 6.46. The van der Waals surface area contributed by atoms with Gasteiger partial charge in [0.2, 0.25) is 0 Å². The summed E-state index contributed by atoms with van der Waals surface area (Å²) in [6.07, 6.45) is 3.50. The molecule has 0 aromatic heterocycles. The molecule has 0 spiro atoms. The first-order valence-electron chi connectivity index (χ1n) is 10.1. The third kappa shape index (κ3) is 3.84. The van der Waals surface area contributed by atoms with Crippen molar-refractivity contribution in [3.63, 3.8) is 0 Å². The van der Waals surface area contributed by atoms with Gasteiger partial charge in [0.15, 0.2) is 0 Å².